The van der Waals surface area contributed by atoms with E-state index >= 15 is 0 Å². The number of hydrogen-bond donors (Lipinski definition) is 0. The third kappa shape index (κ3) is 45.3. The van der Waals surface area contributed by atoms with Crippen molar-refractivity contribution in [3.8, 4) is 0 Å². The van der Waals surface area contributed by atoms with Gasteiger partial charge in [-0.3, -0.25) is 14.4 Å². The van der Waals surface area contributed by atoms with Crippen molar-refractivity contribution in [2.45, 2.75) is 285 Å². The Kier molecular flexibility index (Phi) is 42.7. The minimum Gasteiger partial charge on any atom is -0.462 e. The number of unbranched alkanes of at least 4 members (excludes halogenated alkanes) is 30. The fourth-order valence-corrected chi connectivity index (χ4v) is 7.64. The topological polar surface area (TPSA) is 78.9 Å². The van der Waals surface area contributed by atoms with Gasteiger partial charge in [-0.1, -0.05) is 240 Å². The molecule has 0 aromatic heterocycles. The van der Waals surface area contributed by atoms with Crippen LogP contribution in [0.15, 0.2) is 0 Å². The Balaban J connectivity index is 4.32. The maximum atomic E-state index is 12.8. The molecule has 0 heterocycles. The number of carbonyl (C=O) groups excluding carboxylic acids is 3. The predicted molar refractivity (Wildman–Crippen MR) is 243 cm³/mol. The summed E-state index contributed by atoms with van der Waals surface area (Å²) >= 11 is 0. The second-order valence-corrected chi connectivity index (χ2v) is 18.4. The monoisotopic (exact) mass is 807 g/mol. The summed E-state index contributed by atoms with van der Waals surface area (Å²) in [5.41, 5.74) is 0. The van der Waals surface area contributed by atoms with E-state index in [1.165, 1.54) is 167 Å². The normalized spacial score (nSPS) is 12.1. The summed E-state index contributed by atoms with van der Waals surface area (Å²) in [6.45, 7) is 11.3. The van der Waals surface area contributed by atoms with Crippen LogP contribution in [-0.4, -0.2) is 37.2 Å². The molecule has 0 aliphatic carbocycles. The molecule has 0 N–H and O–H groups in total. The Morgan fingerprint density at radius 2 is 0.579 bits per heavy atom. The largest absolute Gasteiger partial charge is 0.462 e. The average Bonchev–Trinajstić information content (AvgIpc) is 3.18. The van der Waals surface area contributed by atoms with E-state index in [0.717, 1.165) is 69.6 Å². The summed E-state index contributed by atoms with van der Waals surface area (Å²) < 4.78 is 16.8. The first-order chi connectivity index (χ1) is 27.7. The van der Waals surface area contributed by atoms with Crippen molar-refractivity contribution < 1.29 is 28.6 Å². The van der Waals surface area contributed by atoms with Crippen LogP contribution in [0.4, 0.5) is 0 Å². The van der Waals surface area contributed by atoms with Crippen LogP contribution in [0.2, 0.25) is 0 Å². The molecule has 6 nitrogen and oxygen atoms in total. The minimum absolute atomic E-state index is 0.0641. The van der Waals surface area contributed by atoms with Gasteiger partial charge in [-0.05, 0) is 31.1 Å². The summed E-state index contributed by atoms with van der Waals surface area (Å²) in [7, 11) is 0. The first-order valence-corrected chi connectivity index (χ1v) is 25.2. The van der Waals surface area contributed by atoms with Gasteiger partial charge in [0.05, 0.1) is 0 Å². The molecule has 0 saturated heterocycles. The third-order valence-electron chi connectivity index (χ3n) is 11.5. The number of ether oxygens (including phenoxy) is 3. The standard InChI is InChI=1S/C51H98O6/c1-6-7-8-9-10-11-12-13-16-21-26-31-36-41-49(52)55-44-48(57-51(54)43-38-33-28-23-18-20-25-30-35-40-47(4)5)45-56-50(53)42-37-32-27-22-17-14-15-19-24-29-34-39-46(2)3/h46-48H,6-45H2,1-5H3/t48-/m1/s1. The Hall–Kier alpha value is -1.59. The van der Waals surface area contributed by atoms with E-state index in [-0.39, 0.29) is 31.1 Å². The molecule has 0 spiro atoms. The maximum absolute atomic E-state index is 12.8. The Labute approximate surface area is 355 Å². The van der Waals surface area contributed by atoms with Crippen LogP contribution in [0, 0.1) is 11.8 Å². The third-order valence-corrected chi connectivity index (χ3v) is 11.5. The smallest absolute Gasteiger partial charge is 0.306 e. The van der Waals surface area contributed by atoms with Gasteiger partial charge in [0, 0.05) is 19.3 Å². The lowest BCUT2D eigenvalue weighted by atomic mass is 10.0. The van der Waals surface area contributed by atoms with Gasteiger partial charge in [-0.2, -0.15) is 0 Å². The molecule has 0 fully saturated rings. The molecule has 338 valence electrons. The zero-order valence-corrected chi connectivity index (χ0v) is 39.0. The Bertz CT molecular complexity index is 870. The molecule has 0 aromatic carbocycles. The van der Waals surface area contributed by atoms with E-state index in [1.54, 1.807) is 0 Å². The van der Waals surface area contributed by atoms with E-state index in [2.05, 4.69) is 34.6 Å². The molecule has 0 aliphatic heterocycles. The van der Waals surface area contributed by atoms with Crippen LogP contribution in [-0.2, 0) is 28.6 Å². The Morgan fingerprint density at radius 3 is 0.860 bits per heavy atom. The molecule has 0 unspecified atom stereocenters. The molecule has 0 rings (SSSR count). The SMILES string of the molecule is CCCCCCCCCCCCCCCC(=O)OC[C@H](COC(=O)CCCCCCCCCCCCCC(C)C)OC(=O)CCCCCCCCCCCC(C)C. The molecular formula is C51H98O6. The second kappa shape index (κ2) is 44.0. The molecule has 57 heavy (non-hydrogen) atoms. The summed E-state index contributed by atoms with van der Waals surface area (Å²) in [5.74, 6) is 0.782. The van der Waals surface area contributed by atoms with E-state index in [1.807, 2.05) is 0 Å². The van der Waals surface area contributed by atoms with Gasteiger partial charge in [0.15, 0.2) is 6.10 Å². The van der Waals surface area contributed by atoms with Crippen LogP contribution in [0.5, 0.6) is 0 Å². The highest BCUT2D eigenvalue weighted by molar-refractivity contribution is 5.71. The van der Waals surface area contributed by atoms with Gasteiger partial charge in [-0.15, -0.1) is 0 Å². The van der Waals surface area contributed by atoms with Crippen LogP contribution >= 0.6 is 0 Å². The molecule has 0 saturated carbocycles. The molecule has 0 amide bonds. The van der Waals surface area contributed by atoms with E-state index in [4.69, 9.17) is 14.2 Å². The summed E-state index contributed by atoms with van der Waals surface area (Å²) in [6, 6.07) is 0. The van der Waals surface area contributed by atoms with Crippen molar-refractivity contribution >= 4 is 17.9 Å². The van der Waals surface area contributed by atoms with Crippen LogP contribution < -0.4 is 0 Å². The van der Waals surface area contributed by atoms with E-state index in [9.17, 15) is 14.4 Å². The van der Waals surface area contributed by atoms with Gasteiger partial charge in [0.1, 0.15) is 13.2 Å². The van der Waals surface area contributed by atoms with Gasteiger partial charge in [0.2, 0.25) is 0 Å². The van der Waals surface area contributed by atoms with Gasteiger partial charge >= 0.3 is 17.9 Å². The lowest BCUT2D eigenvalue weighted by Gasteiger charge is -2.18. The fraction of sp³-hybridized carbons (Fsp3) is 0.941. The second-order valence-electron chi connectivity index (χ2n) is 18.4. The number of hydrogen-bond acceptors (Lipinski definition) is 6. The first kappa shape index (κ1) is 55.4. The van der Waals surface area contributed by atoms with Crippen molar-refractivity contribution in [1.82, 2.24) is 0 Å². The number of rotatable bonds is 45. The van der Waals surface area contributed by atoms with Crippen LogP contribution in [0.1, 0.15) is 279 Å². The van der Waals surface area contributed by atoms with Gasteiger partial charge in [-0.25, -0.2) is 0 Å². The van der Waals surface area contributed by atoms with Gasteiger partial charge < -0.3 is 14.2 Å². The molecule has 0 radical (unpaired) electrons. The van der Waals surface area contributed by atoms with Crippen LogP contribution in [0.25, 0.3) is 0 Å². The molecule has 0 aromatic rings. The predicted octanol–water partition coefficient (Wildman–Crippen LogP) is 16.1. The molecule has 1 atom stereocenters. The quantitative estimate of drug-likeness (QED) is 0.0346. The lowest BCUT2D eigenvalue weighted by Crippen LogP contribution is -2.30. The zero-order valence-electron chi connectivity index (χ0n) is 39.0. The highest BCUT2D eigenvalue weighted by Gasteiger charge is 2.19. The number of esters is 3. The first-order valence-electron chi connectivity index (χ1n) is 25.2. The average molecular weight is 807 g/mol. The zero-order chi connectivity index (χ0) is 41.9. The molecule has 0 aliphatic rings. The van der Waals surface area contributed by atoms with Crippen LogP contribution in [0.3, 0.4) is 0 Å². The molecule has 0 bridgehead atoms. The highest BCUT2D eigenvalue weighted by atomic mass is 16.6. The van der Waals surface area contributed by atoms with Gasteiger partial charge in [0.25, 0.3) is 0 Å². The fourth-order valence-electron chi connectivity index (χ4n) is 7.64. The minimum atomic E-state index is -0.761. The summed E-state index contributed by atoms with van der Waals surface area (Å²) in [4.78, 5) is 37.9. The van der Waals surface area contributed by atoms with Crippen molar-refractivity contribution in [2.24, 2.45) is 11.8 Å². The van der Waals surface area contributed by atoms with Crippen molar-refractivity contribution in [3.63, 3.8) is 0 Å². The highest BCUT2D eigenvalue weighted by Crippen LogP contribution is 2.17. The van der Waals surface area contributed by atoms with Crippen molar-refractivity contribution in [1.29, 1.82) is 0 Å². The molecule has 6 heteroatoms. The van der Waals surface area contributed by atoms with Crippen molar-refractivity contribution in [2.75, 3.05) is 13.2 Å². The number of carbonyl (C=O) groups is 3. The lowest BCUT2D eigenvalue weighted by molar-refractivity contribution is -0.167. The van der Waals surface area contributed by atoms with Crippen molar-refractivity contribution in [3.05, 3.63) is 0 Å². The van der Waals surface area contributed by atoms with E-state index < -0.39 is 6.10 Å². The molecular weight excluding hydrogens is 709 g/mol. The summed E-state index contributed by atoms with van der Waals surface area (Å²) in [6.07, 6.45) is 43.7. The summed E-state index contributed by atoms with van der Waals surface area (Å²) in [5, 5.41) is 0. The Morgan fingerprint density at radius 1 is 0.333 bits per heavy atom. The van der Waals surface area contributed by atoms with E-state index in [0.29, 0.717) is 19.3 Å². The maximum Gasteiger partial charge on any atom is 0.306 e.